The Morgan fingerprint density at radius 1 is 1.42 bits per heavy atom. The second-order valence-corrected chi connectivity index (χ2v) is 5.44. The number of hydrogen-bond donors (Lipinski definition) is 2. The third-order valence-electron chi connectivity index (χ3n) is 2.24. The first-order valence-electron chi connectivity index (χ1n) is 5.36. The standard InChI is InChI=1S/C10H12N4O4S/c1-7-13-9(18-14-7)5-12-19(16,17)10-3-2-8(6-15)4-11-10/h2-4,12,15H,5-6H2,1H3. The Hall–Kier alpha value is -1.84. The minimum Gasteiger partial charge on any atom is -0.392 e. The summed E-state index contributed by atoms with van der Waals surface area (Å²) in [6.07, 6.45) is 1.30. The zero-order valence-corrected chi connectivity index (χ0v) is 10.9. The Bertz CT molecular complexity index is 650. The van der Waals surface area contributed by atoms with Crippen LogP contribution in [0, 0.1) is 6.92 Å². The van der Waals surface area contributed by atoms with Gasteiger partial charge in [-0.2, -0.15) is 4.98 Å². The van der Waals surface area contributed by atoms with Crippen LogP contribution in [0.1, 0.15) is 17.3 Å². The number of aliphatic hydroxyl groups excluding tert-OH is 1. The van der Waals surface area contributed by atoms with Gasteiger partial charge < -0.3 is 9.63 Å². The van der Waals surface area contributed by atoms with E-state index in [0.717, 1.165) is 0 Å². The van der Waals surface area contributed by atoms with Crippen LogP contribution in [0.25, 0.3) is 0 Å². The Kier molecular flexibility index (Phi) is 3.88. The van der Waals surface area contributed by atoms with Crippen molar-refractivity contribution in [2.24, 2.45) is 0 Å². The predicted molar refractivity (Wildman–Crippen MR) is 63.2 cm³/mol. The molecule has 2 aromatic rings. The van der Waals surface area contributed by atoms with E-state index in [4.69, 9.17) is 9.63 Å². The summed E-state index contributed by atoms with van der Waals surface area (Å²) in [5.74, 6) is 0.604. The van der Waals surface area contributed by atoms with E-state index in [1.165, 1.54) is 18.3 Å². The van der Waals surface area contributed by atoms with Gasteiger partial charge in [-0.05, 0) is 18.6 Å². The Morgan fingerprint density at radius 2 is 2.21 bits per heavy atom. The van der Waals surface area contributed by atoms with Crippen LogP contribution in [0.5, 0.6) is 0 Å². The van der Waals surface area contributed by atoms with Gasteiger partial charge in [0.25, 0.3) is 10.0 Å². The highest BCUT2D eigenvalue weighted by Gasteiger charge is 2.16. The van der Waals surface area contributed by atoms with Crippen molar-refractivity contribution in [3.05, 3.63) is 35.6 Å². The fourth-order valence-corrected chi connectivity index (χ4v) is 2.21. The van der Waals surface area contributed by atoms with Crippen molar-refractivity contribution in [1.82, 2.24) is 19.8 Å². The summed E-state index contributed by atoms with van der Waals surface area (Å²) in [5, 5.41) is 12.3. The van der Waals surface area contributed by atoms with Crippen LogP contribution in [-0.2, 0) is 23.2 Å². The van der Waals surface area contributed by atoms with Crippen molar-refractivity contribution >= 4 is 10.0 Å². The maximum Gasteiger partial charge on any atom is 0.258 e. The minimum absolute atomic E-state index is 0.105. The Balaban J connectivity index is 2.09. The van der Waals surface area contributed by atoms with E-state index in [1.807, 2.05) is 0 Å². The molecule has 0 aliphatic rings. The Morgan fingerprint density at radius 3 is 2.74 bits per heavy atom. The van der Waals surface area contributed by atoms with Crippen LogP contribution < -0.4 is 4.72 Å². The van der Waals surface area contributed by atoms with Crippen molar-refractivity contribution in [3.8, 4) is 0 Å². The highest BCUT2D eigenvalue weighted by molar-refractivity contribution is 7.89. The van der Waals surface area contributed by atoms with Gasteiger partial charge in [-0.3, -0.25) is 0 Å². The molecule has 0 radical (unpaired) electrons. The van der Waals surface area contributed by atoms with Crippen molar-refractivity contribution in [3.63, 3.8) is 0 Å². The van der Waals surface area contributed by atoms with Crippen molar-refractivity contribution in [2.75, 3.05) is 0 Å². The molecule has 9 heteroatoms. The SMILES string of the molecule is Cc1noc(CNS(=O)(=O)c2ccc(CO)cn2)n1. The molecule has 0 aliphatic heterocycles. The summed E-state index contributed by atoms with van der Waals surface area (Å²) < 4.78 is 30.9. The van der Waals surface area contributed by atoms with Gasteiger partial charge in [-0.15, -0.1) is 0 Å². The maximum absolute atomic E-state index is 11.9. The van der Waals surface area contributed by atoms with Crippen molar-refractivity contribution in [2.45, 2.75) is 25.1 Å². The lowest BCUT2D eigenvalue weighted by Gasteiger charge is -2.04. The molecule has 0 saturated heterocycles. The number of pyridine rings is 1. The van der Waals surface area contributed by atoms with Crippen LogP contribution in [-0.4, -0.2) is 28.6 Å². The molecule has 0 amide bonds. The molecule has 19 heavy (non-hydrogen) atoms. The normalized spacial score (nSPS) is 11.7. The molecule has 0 atom stereocenters. The van der Waals surface area contributed by atoms with Gasteiger partial charge in [-0.25, -0.2) is 18.1 Å². The summed E-state index contributed by atoms with van der Waals surface area (Å²) in [5.41, 5.74) is 0.534. The number of hydrogen-bond acceptors (Lipinski definition) is 7. The zero-order chi connectivity index (χ0) is 13.9. The van der Waals surface area contributed by atoms with Gasteiger partial charge in [0.05, 0.1) is 13.2 Å². The van der Waals surface area contributed by atoms with Crippen LogP contribution in [0.2, 0.25) is 0 Å². The molecule has 0 saturated carbocycles. The number of nitrogens with zero attached hydrogens (tertiary/aromatic N) is 3. The van der Waals surface area contributed by atoms with E-state index >= 15 is 0 Å². The number of nitrogens with one attached hydrogen (secondary N) is 1. The van der Waals surface area contributed by atoms with Gasteiger partial charge in [0, 0.05) is 6.20 Å². The third-order valence-corrected chi connectivity index (χ3v) is 3.56. The summed E-state index contributed by atoms with van der Waals surface area (Å²) in [7, 11) is -3.74. The number of aryl methyl sites for hydroxylation is 1. The molecule has 2 N–H and O–H groups in total. The van der Waals surface area contributed by atoms with E-state index in [-0.39, 0.29) is 24.1 Å². The second-order valence-electron chi connectivity index (χ2n) is 3.72. The molecular weight excluding hydrogens is 272 g/mol. The first-order valence-corrected chi connectivity index (χ1v) is 6.84. The molecule has 0 aromatic carbocycles. The van der Waals surface area contributed by atoms with E-state index in [1.54, 1.807) is 6.92 Å². The van der Waals surface area contributed by atoms with Gasteiger partial charge in [0.15, 0.2) is 10.9 Å². The smallest absolute Gasteiger partial charge is 0.258 e. The van der Waals surface area contributed by atoms with E-state index < -0.39 is 10.0 Å². The molecule has 2 rings (SSSR count). The number of aliphatic hydroxyl groups is 1. The zero-order valence-electron chi connectivity index (χ0n) is 10.1. The average molecular weight is 284 g/mol. The lowest BCUT2D eigenvalue weighted by Crippen LogP contribution is -2.24. The predicted octanol–water partition coefficient (Wildman–Crippen LogP) is -0.256. The quantitative estimate of drug-likeness (QED) is 0.776. The monoisotopic (exact) mass is 284 g/mol. The highest BCUT2D eigenvalue weighted by atomic mass is 32.2. The molecule has 102 valence electrons. The first-order chi connectivity index (χ1) is 9.01. The number of sulfonamides is 1. The molecule has 0 unspecified atom stereocenters. The lowest BCUT2D eigenvalue weighted by molar-refractivity contribution is 0.281. The molecule has 0 spiro atoms. The maximum atomic E-state index is 11.9. The van der Waals surface area contributed by atoms with Crippen molar-refractivity contribution < 1.29 is 18.0 Å². The summed E-state index contributed by atoms with van der Waals surface area (Å²) >= 11 is 0. The lowest BCUT2D eigenvalue weighted by atomic mass is 10.3. The third kappa shape index (κ3) is 3.34. The summed E-state index contributed by atoms with van der Waals surface area (Å²) in [6.45, 7) is 1.34. The molecule has 8 nitrogen and oxygen atoms in total. The van der Waals surface area contributed by atoms with Gasteiger partial charge >= 0.3 is 0 Å². The fraction of sp³-hybridized carbons (Fsp3) is 0.300. The van der Waals surface area contributed by atoms with Crippen LogP contribution >= 0.6 is 0 Å². The van der Waals surface area contributed by atoms with Crippen LogP contribution in [0.4, 0.5) is 0 Å². The molecule has 2 aromatic heterocycles. The molecular formula is C10H12N4O4S. The molecule has 0 bridgehead atoms. The highest BCUT2D eigenvalue weighted by Crippen LogP contribution is 2.07. The van der Waals surface area contributed by atoms with Crippen LogP contribution in [0.15, 0.2) is 27.9 Å². The first kappa shape index (κ1) is 13.6. The Labute approximate surface area is 109 Å². The van der Waals surface area contributed by atoms with E-state index in [9.17, 15) is 8.42 Å². The summed E-state index contributed by atoms with van der Waals surface area (Å²) in [6, 6.07) is 2.80. The average Bonchev–Trinajstić information content (AvgIpc) is 2.82. The molecule has 0 aliphatic carbocycles. The fourth-order valence-electron chi connectivity index (χ4n) is 1.31. The topological polar surface area (TPSA) is 118 Å². The number of rotatable bonds is 5. The van der Waals surface area contributed by atoms with E-state index in [0.29, 0.717) is 11.4 Å². The minimum atomic E-state index is -3.74. The summed E-state index contributed by atoms with van der Waals surface area (Å²) in [4.78, 5) is 7.64. The van der Waals surface area contributed by atoms with Crippen LogP contribution in [0.3, 0.4) is 0 Å². The largest absolute Gasteiger partial charge is 0.392 e. The molecule has 2 heterocycles. The number of aromatic nitrogens is 3. The van der Waals surface area contributed by atoms with Gasteiger partial charge in [0.1, 0.15) is 0 Å². The molecule has 0 fully saturated rings. The van der Waals surface area contributed by atoms with Gasteiger partial charge in [-0.1, -0.05) is 11.2 Å². The second kappa shape index (κ2) is 5.43. The van der Waals surface area contributed by atoms with Gasteiger partial charge in [0.2, 0.25) is 5.89 Å². The van der Waals surface area contributed by atoms with E-state index in [2.05, 4.69) is 19.8 Å². The van der Waals surface area contributed by atoms with Crippen molar-refractivity contribution in [1.29, 1.82) is 0 Å².